The van der Waals surface area contributed by atoms with E-state index in [4.69, 9.17) is 0 Å². The Hall–Kier alpha value is -2.77. The maximum absolute atomic E-state index is 13.1. The molecule has 2 N–H and O–H groups in total. The molecule has 0 bridgehead atoms. The zero-order valence-corrected chi connectivity index (χ0v) is 11.1. The Morgan fingerprint density at radius 1 is 1.52 bits per heavy atom. The lowest BCUT2D eigenvalue weighted by Crippen LogP contribution is -2.36. The summed E-state index contributed by atoms with van der Waals surface area (Å²) in [7, 11) is 0. The standard InChI is InChI=1S/C13H12FN5O2/c1-7-15-13-17-11(20)6-10(19(13)18-7)12(21)16-9-4-2-3-8(14)5-9/h2-5,10H,6H2,1H3,(H,16,21)(H,15,17,18,20)/t10-/m1/s1. The van der Waals surface area contributed by atoms with E-state index in [9.17, 15) is 14.0 Å². The van der Waals surface area contributed by atoms with Crippen LogP contribution in [-0.4, -0.2) is 26.6 Å². The molecule has 0 spiro atoms. The number of carbonyl (C=O) groups is 2. The van der Waals surface area contributed by atoms with Crippen molar-refractivity contribution in [2.24, 2.45) is 0 Å². The predicted molar refractivity (Wildman–Crippen MR) is 72.1 cm³/mol. The monoisotopic (exact) mass is 289 g/mol. The Kier molecular flexibility index (Phi) is 3.13. The number of nitrogens with zero attached hydrogens (tertiary/aromatic N) is 3. The number of anilines is 2. The molecule has 3 rings (SSSR count). The van der Waals surface area contributed by atoms with Gasteiger partial charge in [-0.1, -0.05) is 6.07 Å². The summed E-state index contributed by atoms with van der Waals surface area (Å²) in [6.45, 7) is 1.67. The number of amides is 2. The van der Waals surface area contributed by atoms with Gasteiger partial charge in [-0.3, -0.25) is 14.9 Å². The van der Waals surface area contributed by atoms with Crippen LogP contribution in [0.1, 0.15) is 18.3 Å². The van der Waals surface area contributed by atoms with Gasteiger partial charge in [0.2, 0.25) is 17.8 Å². The molecule has 0 unspecified atom stereocenters. The maximum Gasteiger partial charge on any atom is 0.249 e. The summed E-state index contributed by atoms with van der Waals surface area (Å²) in [5.41, 5.74) is 0.323. The van der Waals surface area contributed by atoms with Gasteiger partial charge in [-0.2, -0.15) is 10.1 Å². The number of hydrogen-bond donors (Lipinski definition) is 2. The Labute approximate surface area is 119 Å². The minimum Gasteiger partial charge on any atom is -0.324 e. The van der Waals surface area contributed by atoms with Gasteiger partial charge in [0.1, 0.15) is 17.7 Å². The topological polar surface area (TPSA) is 88.9 Å². The van der Waals surface area contributed by atoms with Crippen LogP contribution in [0.2, 0.25) is 0 Å². The van der Waals surface area contributed by atoms with Crippen LogP contribution >= 0.6 is 0 Å². The van der Waals surface area contributed by atoms with Gasteiger partial charge in [-0.25, -0.2) is 9.07 Å². The molecular formula is C13H12FN5O2. The minimum absolute atomic E-state index is 0.0447. The maximum atomic E-state index is 13.1. The summed E-state index contributed by atoms with van der Waals surface area (Å²) in [5, 5.41) is 9.23. The molecule has 1 aromatic carbocycles. The number of fused-ring (bicyclic) bond motifs is 1. The van der Waals surface area contributed by atoms with Gasteiger partial charge in [0.15, 0.2) is 0 Å². The quantitative estimate of drug-likeness (QED) is 0.870. The number of benzene rings is 1. The molecule has 2 aromatic rings. The highest BCUT2D eigenvalue weighted by molar-refractivity contribution is 6.00. The second-order valence-electron chi connectivity index (χ2n) is 4.69. The zero-order chi connectivity index (χ0) is 15.0. The number of aromatic nitrogens is 3. The Morgan fingerprint density at radius 3 is 3.10 bits per heavy atom. The van der Waals surface area contributed by atoms with Gasteiger partial charge < -0.3 is 5.32 Å². The first kappa shape index (κ1) is 13.2. The van der Waals surface area contributed by atoms with Crippen molar-refractivity contribution in [2.75, 3.05) is 10.6 Å². The molecule has 0 fully saturated rings. The summed E-state index contributed by atoms with van der Waals surface area (Å²) >= 11 is 0. The number of carbonyl (C=O) groups excluding carboxylic acids is 2. The van der Waals surface area contributed by atoms with E-state index in [0.29, 0.717) is 11.5 Å². The molecule has 1 aliphatic rings. The second kappa shape index (κ2) is 4.97. The van der Waals surface area contributed by atoms with Gasteiger partial charge in [0, 0.05) is 5.69 Å². The number of nitrogens with one attached hydrogen (secondary N) is 2. The third kappa shape index (κ3) is 2.60. The van der Waals surface area contributed by atoms with Crippen LogP contribution in [0.25, 0.3) is 0 Å². The van der Waals surface area contributed by atoms with Crippen molar-refractivity contribution in [3.05, 3.63) is 35.9 Å². The summed E-state index contributed by atoms with van der Waals surface area (Å²) in [6.07, 6.45) is -0.0447. The predicted octanol–water partition coefficient (Wildman–Crippen LogP) is 1.25. The van der Waals surface area contributed by atoms with Crippen LogP contribution in [0.5, 0.6) is 0 Å². The molecule has 0 aliphatic carbocycles. The van der Waals surface area contributed by atoms with E-state index < -0.39 is 17.8 Å². The summed E-state index contributed by atoms with van der Waals surface area (Å²) in [5.74, 6) is -0.513. The first-order chi connectivity index (χ1) is 10.0. The van der Waals surface area contributed by atoms with Gasteiger partial charge in [0.25, 0.3) is 0 Å². The van der Waals surface area contributed by atoms with Crippen LogP contribution in [0, 0.1) is 12.7 Å². The lowest BCUT2D eigenvalue weighted by Gasteiger charge is -2.22. The summed E-state index contributed by atoms with van der Waals surface area (Å²) in [4.78, 5) is 28.0. The molecule has 21 heavy (non-hydrogen) atoms. The number of halogens is 1. The fraction of sp³-hybridized carbons (Fsp3) is 0.231. The fourth-order valence-corrected chi connectivity index (χ4v) is 2.17. The molecule has 2 heterocycles. The van der Waals surface area contributed by atoms with E-state index in [-0.39, 0.29) is 18.3 Å². The number of rotatable bonds is 2. The molecule has 8 heteroatoms. The lowest BCUT2D eigenvalue weighted by atomic mass is 10.1. The van der Waals surface area contributed by atoms with Crippen molar-refractivity contribution < 1.29 is 14.0 Å². The average molecular weight is 289 g/mol. The first-order valence-corrected chi connectivity index (χ1v) is 6.32. The lowest BCUT2D eigenvalue weighted by molar-refractivity contribution is -0.125. The Balaban J connectivity index is 1.86. The number of aryl methyl sites for hydroxylation is 1. The van der Waals surface area contributed by atoms with Gasteiger partial charge in [-0.05, 0) is 25.1 Å². The highest BCUT2D eigenvalue weighted by Crippen LogP contribution is 2.24. The van der Waals surface area contributed by atoms with E-state index in [1.165, 1.54) is 22.9 Å². The normalized spacial score (nSPS) is 17.0. The third-order valence-corrected chi connectivity index (χ3v) is 3.06. The van der Waals surface area contributed by atoms with Gasteiger partial charge in [0.05, 0.1) is 6.42 Å². The highest BCUT2D eigenvalue weighted by Gasteiger charge is 2.32. The van der Waals surface area contributed by atoms with Crippen molar-refractivity contribution in [1.29, 1.82) is 0 Å². The minimum atomic E-state index is -0.807. The molecule has 0 radical (unpaired) electrons. The smallest absolute Gasteiger partial charge is 0.249 e. The van der Waals surface area contributed by atoms with Crippen molar-refractivity contribution in [2.45, 2.75) is 19.4 Å². The van der Waals surface area contributed by atoms with E-state index in [0.717, 1.165) is 0 Å². The largest absolute Gasteiger partial charge is 0.324 e. The van der Waals surface area contributed by atoms with Gasteiger partial charge >= 0.3 is 0 Å². The Bertz CT molecular complexity index is 727. The number of hydrogen-bond acceptors (Lipinski definition) is 4. The van der Waals surface area contributed by atoms with Crippen LogP contribution < -0.4 is 10.6 Å². The van der Waals surface area contributed by atoms with E-state index in [1.807, 2.05) is 0 Å². The van der Waals surface area contributed by atoms with Crippen LogP contribution in [-0.2, 0) is 9.59 Å². The Morgan fingerprint density at radius 2 is 2.33 bits per heavy atom. The SMILES string of the molecule is Cc1nc2n(n1)[C@@H](C(=O)Nc1cccc(F)c1)CC(=O)N2. The fourth-order valence-electron chi connectivity index (χ4n) is 2.17. The van der Waals surface area contributed by atoms with Crippen molar-refractivity contribution in [1.82, 2.24) is 14.8 Å². The third-order valence-electron chi connectivity index (χ3n) is 3.06. The van der Waals surface area contributed by atoms with Crippen LogP contribution in [0.4, 0.5) is 16.0 Å². The van der Waals surface area contributed by atoms with Gasteiger partial charge in [-0.15, -0.1) is 0 Å². The first-order valence-electron chi connectivity index (χ1n) is 6.32. The van der Waals surface area contributed by atoms with Crippen LogP contribution in [0.3, 0.4) is 0 Å². The van der Waals surface area contributed by atoms with E-state index in [2.05, 4.69) is 20.7 Å². The second-order valence-corrected chi connectivity index (χ2v) is 4.69. The van der Waals surface area contributed by atoms with Crippen molar-refractivity contribution in [3.8, 4) is 0 Å². The summed E-state index contributed by atoms with van der Waals surface area (Å²) in [6, 6.07) is 4.73. The molecule has 1 aromatic heterocycles. The molecule has 0 saturated heterocycles. The highest BCUT2D eigenvalue weighted by atomic mass is 19.1. The molecule has 7 nitrogen and oxygen atoms in total. The molecule has 1 atom stereocenters. The van der Waals surface area contributed by atoms with Crippen LogP contribution in [0.15, 0.2) is 24.3 Å². The summed E-state index contributed by atoms with van der Waals surface area (Å²) < 4.78 is 14.5. The van der Waals surface area contributed by atoms with E-state index >= 15 is 0 Å². The molecular weight excluding hydrogens is 277 g/mol. The molecule has 2 amide bonds. The van der Waals surface area contributed by atoms with Crippen molar-refractivity contribution >= 4 is 23.5 Å². The zero-order valence-electron chi connectivity index (χ0n) is 11.1. The van der Waals surface area contributed by atoms with E-state index in [1.54, 1.807) is 13.0 Å². The molecule has 0 saturated carbocycles. The van der Waals surface area contributed by atoms with Crippen molar-refractivity contribution in [3.63, 3.8) is 0 Å². The average Bonchev–Trinajstić information content (AvgIpc) is 2.77. The molecule has 108 valence electrons. The molecule has 1 aliphatic heterocycles.